The summed E-state index contributed by atoms with van der Waals surface area (Å²) in [5, 5.41) is 4.31. The second-order valence-electron chi connectivity index (χ2n) is 8.46. The van der Waals surface area contributed by atoms with E-state index in [2.05, 4.69) is 53.8 Å². The molecule has 1 aliphatic carbocycles. The highest BCUT2D eigenvalue weighted by molar-refractivity contribution is 6.30. The summed E-state index contributed by atoms with van der Waals surface area (Å²) in [5.41, 5.74) is 6.05. The van der Waals surface area contributed by atoms with Crippen molar-refractivity contribution in [1.82, 2.24) is 9.80 Å². The van der Waals surface area contributed by atoms with E-state index in [4.69, 9.17) is 11.6 Å². The van der Waals surface area contributed by atoms with Gasteiger partial charge in [-0.15, -0.1) is 0 Å². The Kier molecular flexibility index (Phi) is 4.98. The number of nitrogens with zero attached hydrogens (tertiary/aromatic N) is 1. The van der Waals surface area contributed by atoms with Crippen LogP contribution < -0.4 is 9.80 Å². The zero-order valence-electron chi connectivity index (χ0n) is 17.0. The number of hydrogen-bond donors (Lipinski definition) is 1. The van der Waals surface area contributed by atoms with Crippen LogP contribution in [0.25, 0.3) is 11.1 Å². The average molecular weight is 418 g/mol. The maximum atomic E-state index is 11.2. The molecule has 3 nitrogen and oxygen atoms in total. The lowest BCUT2D eigenvalue weighted by Gasteiger charge is -2.48. The maximum Gasteiger partial charge on any atom is 0.150 e. The van der Waals surface area contributed by atoms with E-state index < -0.39 is 0 Å². The van der Waals surface area contributed by atoms with Gasteiger partial charge in [0.1, 0.15) is 17.5 Å². The van der Waals surface area contributed by atoms with Crippen molar-refractivity contribution in [3.63, 3.8) is 0 Å². The molecule has 3 aromatic rings. The number of carbonyl (C=O) groups excluding carboxylic acids is 1. The Morgan fingerprint density at radius 1 is 0.867 bits per heavy atom. The number of aldehydes is 1. The van der Waals surface area contributed by atoms with Gasteiger partial charge in [-0.05, 0) is 47.5 Å². The van der Waals surface area contributed by atoms with E-state index in [1.165, 1.54) is 35.2 Å². The van der Waals surface area contributed by atoms with Crippen LogP contribution in [0, 0.1) is 0 Å². The van der Waals surface area contributed by atoms with E-state index in [0.29, 0.717) is 0 Å². The van der Waals surface area contributed by atoms with Crippen molar-refractivity contribution in [2.45, 2.75) is 18.4 Å². The van der Waals surface area contributed by atoms with E-state index in [1.54, 1.807) is 0 Å². The van der Waals surface area contributed by atoms with Crippen molar-refractivity contribution in [2.24, 2.45) is 0 Å². The van der Waals surface area contributed by atoms with E-state index >= 15 is 0 Å². The van der Waals surface area contributed by atoms with Crippen LogP contribution in [-0.4, -0.2) is 32.5 Å². The second-order valence-corrected chi connectivity index (χ2v) is 8.89. The van der Waals surface area contributed by atoms with Gasteiger partial charge in [0, 0.05) is 42.1 Å². The number of piperazine rings is 1. The monoisotopic (exact) mass is 417 g/mol. The Balaban J connectivity index is 1.66. The lowest BCUT2D eigenvalue weighted by molar-refractivity contribution is 0.112. The van der Waals surface area contributed by atoms with Crippen molar-refractivity contribution in [2.75, 3.05) is 26.2 Å². The van der Waals surface area contributed by atoms with Gasteiger partial charge in [0.15, 0.2) is 0 Å². The lowest BCUT2D eigenvalue weighted by atomic mass is 9.89. The number of rotatable bonds is 5. The summed E-state index contributed by atoms with van der Waals surface area (Å²) in [6.07, 6.45) is 3.27. The summed E-state index contributed by atoms with van der Waals surface area (Å²) in [7, 11) is 0. The van der Waals surface area contributed by atoms with Crippen LogP contribution in [0.5, 0.6) is 0 Å². The highest BCUT2D eigenvalue weighted by Crippen LogP contribution is 2.59. The summed E-state index contributed by atoms with van der Waals surface area (Å²) in [5.74, 6) is 0. The molecular weight excluding hydrogens is 392 g/mol. The molecule has 4 heteroatoms. The molecule has 5 rings (SSSR count). The molecule has 0 radical (unpaired) electrons. The Labute approximate surface area is 182 Å². The molecule has 0 amide bonds. The first-order valence-electron chi connectivity index (χ1n) is 10.7. The van der Waals surface area contributed by atoms with Crippen molar-refractivity contribution in [1.29, 1.82) is 0 Å². The SMILES string of the molecule is O=Cc1ccc([N+]2(C3(c4ccccc4-c4ccc(Cl)cc4)CC3)CCNCC2)cc1. The van der Waals surface area contributed by atoms with Crippen LogP contribution in [-0.2, 0) is 5.54 Å². The molecule has 152 valence electrons. The van der Waals surface area contributed by atoms with Gasteiger partial charge in [-0.2, -0.15) is 0 Å². The average Bonchev–Trinajstić information content (AvgIpc) is 3.63. The number of hydrogen-bond acceptors (Lipinski definition) is 2. The number of carbonyl (C=O) groups is 1. The molecule has 1 aliphatic heterocycles. The lowest BCUT2D eigenvalue weighted by Crippen LogP contribution is -2.65. The highest BCUT2D eigenvalue weighted by atomic mass is 35.5. The van der Waals surface area contributed by atoms with Gasteiger partial charge >= 0.3 is 0 Å². The summed E-state index contributed by atoms with van der Waals surface area (Å²) in [4.78, 5) is 11.2. The molecule has 0 bridgehead atoms. The fraction of sp³-hybridized carbons (Fsp3) is 0.269. The summed E-state index contributed by atoms with van der Waals surface area (Å²) < 4.78 is 0.948. The zero-order chi connectivity index (χ0) is 20.6. The molecule has 0 spiro atoms. The summed E-state index contributed by atoms with van der Waals surface area (Å²) >= 11 is 6.15. The third-order valence-electron chi connectivity index (χ3n) is 6.99. The molecule has 3 aromatic carbocycles. The highest BCUT2D eigenvalue weighted by Gasteiger charge is 2.63. The zero-order valence-corrected chi connectivity index (χ0v) is 17.7. The molecule has 0 aromatic heterocycles. The number of benzene rings is 3. The minimum atomic E-state index is 0.0705. The molecule has 0 unspecified atom stereocenters. The second kappa shape index (κ2) is 7.66. The third-order valence-corrected chi connectivity index (χ3v) is 7.24. The maximum absolute atomic E-state index is 11.2. The summed E-state index contributed by atoms with van der Waals surface area (Å²) in [6, 6.07) is 25.3. The molecule has 0 atom stereocenters. The largest absolute Gasteiger partial charge is 0.306 e. The van der Waals surface area contributed by atoms with Crippen molar-refractivity contribution >= 4 is 23.6 Å². The van der Waals surface area contributed by atoms with Gasteiger partial charge in [-0.25, -0.2) is 0 Å². The van der Waals surface area contributed by atoms with E-state index in [-0.39, 0.29) is 5.54 Å². The number of quaternary nitrogens is 1. The van der Waals surface area contributed by atoms with Crippen LogP contribution in [0.2, 0.25) is 5.02 Å². The van der Waals surface area contributed by atoms with Gasteiger partial charge < -0.3 is 5.32 Å². The molecule has 2 fully saturated rings. The molecule has 1 N–H and O–H groups in total. The van der Waals surface area contributed by atoms with E-state index in [9.17, 15) is 4.79 Å². The van der Waals surface area contributed by atoms with Crippen LogP contribution in [0.4, 0.5) is 5.69 Å². The van der Waals surface area contributed by atoms with Crippen molar-refractivity contribution in [3.05, 3.63) is 88.9 Å². The topological polar surface area (TPSA) is 29.1 Å². The first-order chi connectivity index (χ1) is 14.7. The number of halogens is 1. The van der Waals surface area contributed by atoms with Crippen molar-refractivity contribution in [3.8, 4) is 11.1 Å². The fourth-order valence-corrected chi connectivity index (χ4v) is 5.49. The Morgan fingerprint density at radius 3 is 2.17 bits per heavy atom. The van der Waals surface area contributed by atoms with Gasteiger partial charge in [-0.1, -0.05) is 48.0 Å². The van der Waals surface area contributed by atoms with E-state index in [1.807, 2.05) is 24.3 Å². The Morgan fingerprint density at radius 2 is 1.53 bits per heavy atom. The Hall–Kier alpha value is -2.46. The molecule has 1 saturated heterocycles. The van der Waals surface area contributed by atoms with Crippen LogP contribution in [0.3, 0.4) is 0 Å². The van der Waals surface area contributed by atoms with Gasteiger partial charge in [0.25, 0.3) is 0 Å². The predicted molar refractivity (Wildman–Crippen MR) is 124 cm³/mol. The summed E-state index contributed by atoms with van der Waals surface area (Å²) in [6.45, 7) is 4.10. The van der Waals surface area contributed by atoms with Crippen LogP contribution in [0.1, 0.15) is 28.8 Å². The van der Waals surface area contributed by atoms with Gasteiger partial charge in [0.05, 0.1) is 13.1 Å². The van der Waals surface area contributed by atoms with Crippen molar-refractivity contribution < 1.29 is 4.79 Å². The molecule has 2 aliphatic rings. The smallest absolute Gasteiger partial charge is 0.150 e. The van der Waals surface area contributed by atoms with Gasteiger partial charge in [0.2, 0.25) is 0 Å². The molecule has 1 saturated carbocycles. The first-order valence-corrected chi connectivity index (χ1v) is 11.1. The Bertz CT molecular complexity index is 1050. The molecule has 1 heterocycles. The van der Waals surface area contributed by atoms with Gasteiger partial charge in [-0.3, -0.25) is 9.28 Å². The minimum Gasteiger partial charge on any atom is -0.306 e. The quantitative estimate of drug-likeness (QED) is 0.443. The first kappa shape index (κ1) is 19.5. The number of nitrogens with one attached hydrogen (secondary N) is 1. The van der Waals surface area contributed by atoms with Crippen LogP contribution in [0.15, 0.2) is 72.8 Å². The third kappa shape index (κ3) is 3.09. The normalized spacial score (nSPS) is 19.2. The van der Waals surface area contributed by atoms with Crippen LogP contribution >= 0.6 is 11.6 Å². The standard InChI is InChI=1S/C26H26ClN2O/c27-22-9-7-21(8-10-22)24-3-1-2-4-25(24)26(13-14-26)29(17-15-28-16-18-29)23-11-5-20(19-30)6-12-23/h1-12,19,28H,13-18H2/q+1. The minimum absolute atomic E-state index is 0.0705. The molecular formula is C26H26ClN2O+. The van der Waals surface area contributed by atoms with E-state index in [0.717, 1.165) is 47.5 Å². The molecule has 30 heavy (non-hydrogen) atoms. The fourth-order valence-electron chi connectivity index (χ4n) is 5.36. The predicted octanol–water partition coefficient (Wildman–Crippen LogP) is 5.42.